The molecule has 0 saturated carbocycles. The second-order valence-corrected chi connectivity index (χ2v) is 6.87. The van der Waals surface area contributed by atoms with Crippen molar-refractivity contribution in [3.8, 4) is 11.5 Å². The average molecular weight is 377 g/mol. The van der Waals surface area contributed by atoms with Gasteiger partial charge in [-0.05, 0) is 42.7 Å². The van der Waals surface area contributed by atoms with Crippen molar-refractivity contribution in [2.24, 2.45) is 0 Å². The van der Waals surface area contributed by atoms with Gasteiger partial charge in [-0.25, -0.2) is 9.78 Å². The van der Waals surface area contributed by atoms with Crippen molar-refractivity contribution < 1.29 is 14.1 Å². The summed E-state index contributed by atoms with van der Waals surface area (Å²) in [5.74, 6) is 1.89. The van der Waals surface area contributed by atoms with Crippen molar-refractivity contribution in [2.45, 2.75) is 19.9 Å². The fourth-order valence-corrected chi connectivity index (χ4v) is 3.86. The van der Waals surface area contributed by atoms with E-state index >= 15 is 0 Å². The molecule has 5 rings (SSSR count). The minimum Gasteiger partial charge on any atom is -0.447 e. The van der Waals surface area contributed by atoms with Gasteiger partial charge in [0.25, 0.3) is 5.89 Å². The normalized spacial score (nSPS) is 16.2. The van der Waals surface area contributed by atoms with Gasteiger partial charge in [-0.3, -0.25) is 4.90 Å². The topological polar surface area (TPSA) is 84.6 Å². The molecule has 0 atom stereocenters. The third-order valence-electron chi connectivity index (χ3n) is 5.14. The van der Waals surface area contributed by atoms with Gasteiger partial charge in [0.1, 0.15) is 12.4 Å². The number of amides is 1. The molecule has 1 saturated heterocycles. The number of rotatable bonds is 3. The van der Waals surface area contributed by atoms with E-state index in [0.717, 1.165) is 30.0 Å². The lowest BCUT2D eigenvalue weighted by Crippen LogP contribution is -2.33. The maximum atomic E-state index is 12.0. The highest BCUT2D eigenvalue weighted by Crippen LogP contribution is 2.35. The highest BCUT2D eigenvalue weighted by molar-refractivity contribution is 5.90. The molecule has 4 heterocycles. The van der Waals surface area contributed by atoms with Crippen LogP contribution >= 0.6 is 0 Å². The molecule has 0 aliphatic carbocycles. The van der Waals surface area contributed by atoms with Crippen LogP contribution in [0, 0.1) is 6.92 Å². The summed E-state index contributed by atoms with van der Waals surface area (Å²) < 4.78 is 10.5. The van der Waals surface area contributed by atoms with E-state index in [4.69, 9.17) is 9.26 Å². The first-order valence-electron chi connectivity index (χ1n) is 9.26. The van der Waals surface area contributed by atoms with Crippen molar-refractivity contribution in [1.29, 1.82) is 0 Å². The first kappa shape index (κ1) is 16.7. The van der Waals surface area contributed by atoms with Gasteiger partial charge in [-0.15, -0.1) is 0 Å². The minimum atomic E-state index is -0.269. The Balaban J connectivity index is 1.49. The third-order valence-corrected chi connectivity index (χ3v) is 5.14. The Labute approximate surface area is 161 Å². The molecule has 0 N–H and O–H groups in total. The number of pyridine rings is 1. The van der Waals surface area contributed by atoms with E-state index in [0.29, 0.717) is 31.4 Å². The Kier molecular flexibility index (Phi) is 3.96. The third kappa shape index (κ3) is 2.77. The van der Waals surface area contributed by atoms with E-state index in [2.05, 4.69) is 26.1 Å². The van der Waals surface area contributed by atoms with Crippen LogP contribution in [0.15, 0.2) is 41.1 Å². The predicted molar refractivity (Wildman–Crippen MR) is 102 cm³/mol. The zero-order chi connectivity index (χ0) is 19.1. The molecule has 1 fully saturated rings. The summed E-state index contributed by atoms with van der Waals surface area (Å²) in [4.78, 5) is 24.9. The fraction of sp³-hybridized carbons (Fsp3) is 0.300. The van der Waals surface area contributed by atoms with Gasteiger partial charge in [0.2, 0.25) is 0 Å². The molecule has 0 radical (unpaired) electrons. The molecule has 1 amide bonds. The quantitative estimate of drug-likeness (QED) is 0.694. The Bertz CT molecular complexity index is 1050. The number of benzene rings is 1. The van der Waals surface area contributed by atoms with E-state index in [9.17, 15) is 4.79 Å². The van der Waals surface area contributed by atoms with Crippen LogP contribution in [-0.2, 0) is 17.7 Å². The second kappa shape index (κ2) is 6.63. The van der Waals surface area contributed by atoms with Crippen molar-refractivity contribution in [3.63, 3.8) is 0 Å². The van der Waals surface area contributed by atoms with E-state index < -0.39 is 0 Å². The molecule has 8 nitrogen and oxygen atoms in total. The smallest absolute Gasteiger partial charge is 0.414 e. The maximum Gasteiger partial charge on any atom is 0.414 e. The molecular weight excluding hydrogens is 358 g/mol. The molecule has 0 bridgehead atoms. The van der Waals surface area contributed by atoms with Crippen LogP contribution in [0.2, 0.25) is 0 Å². The van der Waals surface area contributed by atoms with Crippen molar-refractivity contribution in [1.82, 2.24) is 15.1 Å². The average Bonchev–Trinajstić information content (AvgIpc) is 3.35. The summed E-state index contributed by atoms with van der Waals surface area (Å²) in [5.41, 5.74) is 4.16. The highest BCUT2D eigenvalue weighted by Gasteiger charge is 2.29. The maximum absolute atomic E-state index is 12.0. The van der Waals surface area contributed by atoms with Crippen LogP contribution in [0.3, 0.4) is 0 Å². The number of aromatic nitrogens is 3. The van der Waals surface area contributed by atoms with Gasteiger partial charge < -0.3 is 14.2 Å². The molecule has 0 unspecified atom stereocenters. The second-order valence-electron chi connectivity index (χ2n) is 6.87. The number of carbonyl (C=O) groups is 1. The summed E-state index contributed by atoms with van der Waals surface area (Å²) >= 11 is 0. The largest absolute Gasteiger partial charge is 0.447 e. The zero-order valence-corrected chi connectivity index (χ0v) is 15.5. The lowest BCUT2D eigenvalue weighted by molar-refractivity contribution is 0.181. The zero-order valence-electron chi connectivity index (χ0n) is 15.5. The molecule has 0 spiro atoms. The first-order chi connectivity index (χ1) is 13.7. The number of nitrogens with zero attached hydrogens (tertiary/aromatic N) is 5. The summed E-state index contributed by atoms with van der Waals surface area (Å²) in [6, 6.07) is 9.90. The molecule has 1 aromatic carbocycles. The van der Waals surface area contributed by atoms with Gasteiger partial charge in [0, 0.05) is 19.3 Å². The summed E-state index contributed by atoms with van der Waals surface area (Å²) in [7, 11) is 0. The summed E-state index contributed by atoms with van der Waals surface area (Å²) in [6.45, 7) is 4.31. The van der Waals surface area contributed by atoms with Crippen molar-refractivity contribution in [2.75, 3.05) is 29.5 Å². The van der Waals surface area contributed by atoms with Crippen molar-refractivity contribution >= 4 is 17.6 Å². The lowest BCUT2D eigenvalue weighted by Gasteiger charge is -2.32. The molecular formula is C20H19N5O3. The van der Waals surface area contributed by atoms with Gasteiger partial charge in [0.15, 0.2) is 5.82 Å². The van der Waals surface area contributed by atoms with Crippen LogP contribution < -0.4 is 9.80 Å². The summed E-state index contributed by atoms with van der Waals surface area (Å²) in [5, 5.41) is 3.90. The Hall–Kier alpha value is -3.42. The number of fused-ring (bicyclic) bond motifs is 1. The standard InChI is InChI=1S/C20H19N5O3/c1-13-22-19(28-23-13)16-5-3-8-21-18(16)24-9-7-15-14(12-24)4-2-6-17(15)25-10-11-27-20(25)26/h2-6,8H,7,9-12H2,1H3. The van der Waals surface area contributed by atoms with Gasteiger partial charge in [-0.2, -0.15) is 4.98 Å². The van der Waals surface area contributed by atoms with E-state index in [-0.39, 0.29) is 6.09 Å². The Morgan fingerprint density at radius 2 is 2.07 bits per heavy atom. The number of carbonyl (C=O) groups excluding carboxylic acids is 1. The number of aryl methyl sites for hydroxylation is 1. The van der Waals surface area contributed by atoms with Crippen LogP contribution in [0.25, 0.3) is 11.5 Å². The Morgan fingerprint density at radius 1 is 1.14 bits per heavy atom. The van der Waals surface area contributed by atoms with Crippen molar-refractivity contribution in [3.05, 3.63) is 53.5 Å². The Morgan fingerprint density at radius 3 is 2.86 bits per heavy atom. The molecule has 28 heavy (non-hydrogen) atoms. The monoisotopic (exact) mass is 377 g/mol. The van der Waals surface area contributed by atoms with Crippen LogP contribution in [-0.4, -0.2) is 40.9 Å². The number of ether oxygens (including phenoxy) is 1. The molecule has 2 aromatic heterocycles. The predicted octanol–water partition coefficient (Wildman–Crippen LogP) is 2.96. The van der Waals surface area contributed by atoms with Gasteiger partial charge in [-0.1, -0.05) is 17.3 Å². The summed E-state index contributed by atoms with van der Waals surface area (Å²) in [6.07, 6.45) is 2.32. The van der Waals surface area contributed by atoms with Crippen LogP contribution in [0.1, 0.15) is 17.0 Å². The van der Waals surface area contributed by atoms with Gasteiger partial charge >= 0.3 is 6.09 Å². The lowest BCUT2D eigenvalue weighted by atomic mass is 9.97. The van der Waals surface area contributed by atoms with Gasteiger partial charge in [0.05, 0.1) is 17.8 Å². The van der Waals surface area contributed by atoms with Crippen LogP contribution in [0.4, 0.5) is 16.3 Å². The number of hydrogen-bond donors (Lipinski definition) is 0. The highest BCUT2D eigenvalue weighted by atomic mass is 16.6. The number of cyclic esters (lactones) is 1. The number of anilines is 2. The molecule has 2 aliphatic heterocycles. The molecule has 8 heteroatoms. The van der Waals surface area contributed by atoms with E-state index in [1.54, 1.807) is 18.0 Å². The minimum absolute atomic E-state index is 0.269. The molecule has 142 valence electrons. The van der Waals surface area contributed by atoms with E-state index in [1.165, 1.54) is 11.1 Å². The first-order valence-corrected chi connectivity index (χ1v) is 9.26. The molecule has 2 aliphatic rings. The van der Waals surface area contributed by atoms with Crippen LogP contribution in [0.5, 0.6) is 0 Å². The van der Waals surface area contributed by atoms with E-state index in [1.807, 2.05) is 24.3 Å². The molecule has 3 aromatic rings. The number of hydrogen-bond acceptors (Lipinski definition) is 7. The fourth-order valence-electron chi connectivity index (χ4n) is 3.86. The SMILES string of the molecule is Cc1noc(-c2cccnc2N2CCc3c(cccc3N3CCOC3=O)C2)n1.